The van der Waals surface area contributed by atoms with E-state index in [0.29, 0.717) is 40.7 Å². The number of amides is 1. The molecule has 1 saturated heterocycles. The maximum atomic E-state index is 13.6. The number of aliphatic hydroxyl groups excluding tert-OH is 1. The average Bonchev–Trinajstić information content (AvgIpc) is 3.44. The van der Waals surface area contributed by atoms with E-state index in [1.165, 1.54) is 4.90 Å². The van der Waals surface area contributed by atoms with Gasteiger partial charge >= 0.3 is 0 Å². The van der Waals surface area contributed by atoms with Crippen LogP contribution in [0.25, 0.3) is 11.4 Å². The first-order valence-electron chi connectivity index (χ1n) is 13.4. The Morgan fingerprint density at radius 2 is 1.93 bits per heavy atom. The highest BCUT2D eigenvalue weighted by molar-refractivity contribution is 6.46. The van der Waals surface area contributed by atoms with Gasteiger partial charge in [0.15, 0.2) is 17.3 Å². The summed E-state index contributed by atoms with van der Waals surface area (Å²) in [6.45, 7) is 4.57. The molecule has 4 aromatic rings. The van der Waals surface area contributed by atoms with Crippen molar-refractivity contribution in [3.05, 3.63) is 95.2 Å². The zero-order valence-corrected chi connectivity index (χ0v) is 22.8. The molecule has 4 heterocycles. The van der Waals surface area contributed by atoms with Crippen LogP contribution in [0.15, 0.2) is 72.7 Å². The van der Waals surface area contributed by atoms with Crippen molar-refractivity contribution < 1.29 is 24.2 Å². The van der Waals surface area contributed by atoms with Gasteiger partial charge in [-0.15, -0.1) is 0 Å². The average molecular weight is 541 g/mol. The van der Waals surface area contributed by atoms with Gasteiger partial charge in [-0.05, 0) is 54.8 Å². The Kier molecular flexibility index (Phi) is 7.82. The SMILES string of the molecule is CCCCCOc1ccc(C2C(=C(O)c3c(C)nc4ccccn34)C(=O)C(=O)N2Cc2cccnc2)cc1OC. The van der Waals surface area contributed by atoms with Crippen LogP contribution in [-0.2, 0) is 16.1 Å². The lowest BCUT2D eigenvalue weighted by molar-refractivity contribution is -0.140. The van der Waals surface area contributed by atoms with Crippen LogP contribution in [0.4, 0.5) is 0 Å². The van der Waals surface area contributed by atoms with E-state index in [1.807, 2.05) is 24.3 Å². The number of Topliss-reactive ketones (excluding diaryl/α,β-unsaturated/α-hetero) is 1. The third-order valence-electron chi connectivity index (χ3n) is 7.05. The highest BCUT2D eigenvalue weighted by atomic mass is 16.5. The minimum atomic E-state index is -0.878. The van der Waals surface area contributed by atoms with Crippen molar-refractivity contribution in [2.75, 3.05) is 13.7 Å². The van der Waals surface area contributed by atoms with Crippen LogP contribution >= 0.6 is 0 Å². The number of carbonyl (C=O) groups excluding carboxylic acids is 2. The minimum Gasteiger partial charge on any atom is -0.505 e. The fourth-order valence-electron chi connectivity index (χ4n) is 5.11. The van der Waals surface area contributed by atoms with Gasteiger partial charge in [-0.25, -0.2) is 4.98 Å². The van der Waals surface area contributed by atoms with Gasteiger partial charge in [-0.3, -0.25) is 19.0 Å². The van der Waals surface area contributed by atoms with E-state index in [-0.39, 0.29) is 17.9 Å². The Hall–Kier alpha value is -4.66. The number of methoxy groups -OCH3 is 1. The van der Waals surface area contributed by atoms with Crippen LogP contribution in [0, 0.1) is 6.92 Å². The van der Waals surface area contributed by atoms with E-state index in [9.17, 15) is 14.7 Å². The molecular weight excluding hydrogens is 508 g/mol. The van der Waals surface area contributed by atoms with E-state index >= 15 is 0 Å². The largest absolute Gasteiger partial charge is 0.505 e. The number of carbonyl (C=O) groups is 2. The number of unbranched alkanes of at least 4 members (excludes halogenated alkanes) is 2. The Labute approximate surface area is 232 Å². The first-order chi connectivity index (χ1) is 19.4. The standard InChI is InChI=1S/C31H32N4O5/c1-4-5-8-16-40-23-13-12-22(17-24(23)39-3)28-26(29(36)27-20(2)33-25-11-6-7-15-34(25)27)30(37)31(38)35(28)19-21-10-9-14-32-18-21/h6-7,9-15,17-18,28,36H,4-5,8,16,19H2,1-3H3. The highest BCUT2D eigenvalue weighted by Crippen LogP contribution is 2.43. The first-order valence-corrected chi connectivity index (χ1v) is 13.4. The van der Waals surface area contributed by atoms with Gasteiger partial charge in [0.05, 0.1) is 31.0 Å². The lowest BCUT2D eigenvalue weighted by atomic mass is 9.95. The molecule has 3 aromatic heterocycles. The van der Waals surface area contributed by atoms with E-state index in [0.717, 1.165) is 24.8 Å². The molecule has 0 spiro atoms. The molecule has 9 nitrogen and oxygen atoms in total. The topological polar surface area (TPSA) is 106 Å². The number of aromatic nitrogens is 3. The molecule has 0 radical (unpaired) electrons. The second-order valence-corrected chi connectivity index (χ2v) is 9.73. The van der Waals surface area contributed by atoms with Crippen LogP contribution in [0.5, 0.6) is 11.5 Å². The molecule has 1 fully saturated rings. The summed E-state index contributed by atoms with van der Waals surface area (Å²) in [5, 5.41) is 11.7. The van der Waals surface area contributed by atoms with Gasteiger partial charge in [0, 0.05) is 25.1 Å². The number of hydrogen-bond acceptors (Lipinski definition) is 7. The molecule has 1 unspecified atom stereocenters. The summed E-state index contributed by atoms with van der Waals surface area (Å²) < 4.78 is 13.3. The monoisotopic (exact) mass is 540 g/mol. The number of nitrogens with zero attached hydrogens (tertiary/aromatic N) is 4. The molecule has 40 heavy (non-hydrogen) atoms. The quantitative estimate of drug-likeness (QED) is 0.127. The zero-order valence-electron chi connectivity index (χ0n) is 22.8. The van der Waals surface area contributed by atoms with Gasteiger partial charge in [0.2, 0.25) is 0 Å². The summed E-state index contributed by atoms with van der Waals surface area (Å²) in [5.41, 5.74) is 2.87. The molecule has 9 heteroatoms. The molecule has 1 aliphatic heterocycles. The van der Waals surface area contributed by atoms with E-state index in [2.05, 4.69) is 16.9 Å². The number of ketones is 1. The first kappa shape index (κ1) is 26.9. The third-order valence-corrected chi connectivity index (χ3v) is 7.05. The Bertz CT molecular complexity index is 1580. The maximum absolute atomic E-state index is 13.6. The van der Waals surface area contributed by atoms with Crippen molar-refractivity contribution in [3.8, 4) is 11.5 Å². The van der Waals surface area contributed by atoms with Crippen molar-refractivity contribution in [1.82, 2.24) is 19.3 Å². The normalized spacial score (nSPS) is 16.6. The summed E-state index contributed by atoms with van der Waals surface area (Å²) in [7, 11) is 1.55. The predicted molar refractivity (Wildman–Crippen MR) is 150 cm³/mol. The van der Waals surface area contributed by atoms with E-state index in [4.69, 9.17) is 9.47 Å². The molecule has 1 amide bonds. The summed E-state index contributed by atoms with van der Waals surface area (Å²) in [6.07, 6.45) is 8.13. The summed E-state index contributed by atoms with van der Waals surface area (Å²) >= 11 is 0. The number of aliphatic hydroxyl groups is 1. The zero-order chi connectivity index (χ0) is 28.2. The van der Waals surface area contributed by atoms with Gasteiger partial charge < -0.3 is 19.5 Å². The molecule has 0 aliphatic carbocycles. The highest BCUT2D eigenvalue weighted by Gasteiger charge is 2.47. The van der Waals surface area contributed by atoms with Crippen LogP contribution in [0.1, 0.15) is 54.7 Å². The molecular formula is C31H32N4O5. The Morgan fingerprint density at radius 3 is 2.67 bits per heavy atom. The number of fused-ring (bicyclic) bond motifs is 1. The van der Waals surface area contributed by atoms with E-state index < -0.39 is 17.7 Å². The lowest BCUT2D eigenvalue weighted by Crippen LogP contribution is -2.29. The smallest absolute Gasteiger partial charge is 0.295 e. The fourth-order valence-corrected chi connectivity index (χ4v) is 5.11. The number of ether oxygens (including phenoxy) is 2. The Morgan fingerprint density at radius 1 is 1.07 bits per heavy atom. The number of imidazole rings is 1. The Balaban J connectivity index is 1.64. The third kappa shape index (κ3) is 5.02. The van der Waals surface area contributed by atoms with Crippen LogP contribution in [0.2, 0.25) is 0 Å². The molecule has 5 rings (SSSR count). The minimum absolute atomic E-state index is 0.0127. The number of hydrogen-bond donors (Lipinski definition) is 1. The number of rotatable bonds is 10. The van der Waals surface area contributed by atoms with Crippen molar-refractivity contribution in [3.63, 3.8) is 0 Å². The number of aryl methyl sites for hydroxylation is 1. The van der Waals surface area contributed by atoms with Crippen molar-refractivity contribution in [2.24, 2.45) is 0 Å². The molecule has 1 aromatic carbocycles. The molecule has 1 N–H and O–H groups in total. The van der Waals surface area contributed by atoms with Crippen molar-refractivity contribution in [1.29, 1.82) is 0 Å². The number of benzene rings is 1. The van der Waals surface area contributed by atoms with Crippen LogP contribution in [0.3, 0.4) is 0 Å². The van der Waals surface area contributed by atoms with Gasteiger partial charge in [-0.1, -0.05) is 38.0 Å². The van der Waals surface area contributed by atoms with E-state index in [1.54, 1.807) is 61.3 Å². The van der Waals surface area contributed by atoms with Gasteiger partial charge in [0.25, 0.3) is 11.7 Å². The van der Waals surface area contributed by atoms with Crippen LogP contribution in [-0.4, -0.2) is 49.8 Å². The predicted octanol–water partition coefficient (Wildman–Crippen LogP) is 5.24. The number of pyridine rings is 2. The van der Waals surface area contributed by atoms with Gasteiger partial charge in [0.1, 0.15) is 11.3 Å². The summed E-state index contributed by atoms with van der Waals surface area (Å²) in [6, 6.07) is 13.6. The maximum Gasteiger partial charge on any atom is 0.295 e. The van der Waals surface area contributed by atoms with Gasteiger partial charge in [-0.2, -0.15) is 0 Å². The number of likely N-dealkylation sites (tertiary alicyclic amines) is 1. The van der Waals surface area contributed by atoms with Crippen LogP contribution < -0.4 is 9.47 Å². The molecule has 0 saturated carbocycles. The summed E-state index contributed by atoms with van der Waals surface area (Å²) in [5.74, 6) is -0.709. The summed E-state index contributed by atoms with van der Waals surface area (Å²) in [4.78, 5) is 37.2. The fraction of sp³-hybridized carbons (Fsp3) is 0.290. The molecule has 1 atom stereocenters. The molecule has 1 aliphatic rings. The second kappa shape index (κ2) is 11.6. The lowest BCUT2D eigenvalue weighted by Gasteiger charge is -2.26. The van der Waals surface area contributed by atoms with Crippen molar-refractivity contribution in [2.45, 2.75) is 45.7 Å². The molecule has 0 bridgehead atoms. The van der Waals surface area contributed by atoms with Crippen molar-refractivity contribution >= 4 is 23.1 Å². The molecule has 206 valence electrons. The second-order valence-electron chi connectivity index (χ2n) is 9.73.